The first-order valence-corrected chi connectivity index (χ1v) is 13.5. The van der Waals surface area contributed by atoms with Crippen LogP contribution in [0.4, 0.5) is 0 Å². The molecule has 0 saturated carbocycles. The fraction of sp³-hybridized carbons (Fsp3) is 0. The van der Waals surface area contributed by atoms with E-state index >= 15 is 0 Å². The summed E-state index contributed by atoms with van der Waals surface area (Å²) in [6.07, 6.45) is 0. The second-order valence-electron chi connectivity index (χ2n) is 9.26. The van der Waals surface area contributed by atoms with Gasteiger partial charge in [-0.05, 0) is 77.8 Å². The average molecular weight is 589 g/mol. The third-order valence-corrected chi connectivity index (χ3v) is 7.97. The summed E-state index contributed by atoms with van der Waals surface area (Å²) >= 11 is 0.684. The van der Waals surface area contributed by atoms with E-state index in [-0.39, 0.29) is 20.2 Å². The van der Waals surface area contributed by atoms with Gasteiger partial charge < -0.3 is 0 Å². The molecule has 0 bridgehead atoms. The van der Waals surface area contributed by atoms with E-state index < -0.39 is 223 Å². The van der Waals surface area contributed by atoms with Crippen molar-refractivity contribution >= 4 is 63.8 Å². The van der Waals surface area contributed by atoms with Crippen LogP contribution in [0.3, 0.4) is 0 Å². The van der Waals surface area contributed by atoms with E-state index in [1.165, 1.54) is 0 Å². The predicted octanol–water partition coefficient (Wildman–Crippen LogP) is 12.5. The molecule has 1 heterocycles. The molecule has 0 N–H and O–H groups in total. The molecular formula is C42H26S. The molecule has 8 aromatic carbocycles. The zero-order chi connectivity index (χ0) is 51.0. The topological polar surface area (TPSA) is 0 Å². The van der Waals surface area contributed by atoms with Crippen molar-refractivity contribution in [2.24, 2.45) is 0 Å². The molecule has 0 amide bonds. The van der Waals surface area contributed by atoms with Crippen LogP contribution >= 0.6 is 11.3 Å². The van der Waals surface area contributed by atoms with Gasteiger partial charge in [-0.15, -0.1) is 11.3 Å². The van der Waals surface area contributed by atoms with Gasteiger partial charge in [-0.1, -0.05) is 145 Å². The second-order valence-corrected chi connectivity index (χ2v) is 10.3. The van der Waals surface area contributed by atoms with Crippen molar-refractivity contribution in [3.8, 4) is 33.4 Å². The minimum atomic E-state index is -1.03. The van der Waals surface area contributed by atoms with E-state index in [2.05, 4.69) is 0 Å². The summed E-state index contributed by atoms with van der Waals surface area (Å²) in [7, 11) is 0. The van der Waals surface area contributed by atoms with Gasteiger partial charge in [0.2, 0.25) is 0 Å². The average Bonchev–Trinajstić information content (AvgIpc) is 3.73. The highest BCUT2D eigenvalue weighted by atomic mass is 32.1. The smallest absolute Gasteiger partial charge is 0.0644 e. The zero-order valence-corrected chi connectivity index (χ0v) is 22.2. The third kappa shape index (κ3) is 3.82. The van der Waals surface area contributed by atoms with Gasteiger partial charge in [0.1, 0.15) is 0 Å². The normalized spacial score (nSPS) is 20.2. The summed E-state index contributed by atoms with van der Waals surface area (Å²) in [5.41, 5.74) is -4.22. The Hall–Kier alpha value is -5.24. The molecule has 9 rings (SSSR count). The van der Waals surface area contributed by atoms with E-state index in [9.17, 15) is 13.7 Å². The summed E-state index contributed by atoms with van der Waals surface area (Å²) in [5, 5.41) is -4.37. The molecule has 1 aromatic heterocycles. The van der Waals surface area contributed by atoms with E-state index in [4.69, 9.17) is 21.9 Å². The maximum Gasteiger partial charge on any atom is 0.0644 e. The molecule has 0 aliphatic rings. The van der Waals surface area contributed by atoms with Crippen molar-refractivity contribution < 1.29 is 35.6 Å². The SMILES string of the molecule is [2H]c1c([2H])c(-c2c3c([2H])c([2H])c([2H])c([2H])c3c(-c3c([2H])c([2H])c([2H])c4c([2H])c([2H])c([2H])c([2H])c34)c3c([2H])c([2H])c([2H])c([2H])c23)c([2H])c([2H])c1-c1c([2H])c([2H])c2c(sc3c([2H])c([2H])c([2H])c([2H])c32)c1[2H]. The van der Waals surface area contributed by atoms with Gasteiger partial charge in [-0.25, -0.2) is 0 Å². The highest BCUT2D eigenvalue weighted by Gasteiger charge is 2.18. The Kier molecular flexibility index (Phi) is 2.23. The quantitative estimate of drug-likeness (QED) is 0.180. The van der Waals surface area contributed by atoms with E-state index in [1.54, 1.807) is 0 Å². The number of hydrogen-bond acceptors (Lipinski definition) is 1. The van der Waals surface area contributed by atoms with Crippen molar-refractivity contribution in [2.75, 3.05) is 0 Å². The maximum absolute atomic E-state index is 9.51. The lowest BCUT2D eigenvalue weighted by molar-refractivity contribution is 1.64. The largest absolute Gasteiger partial charge is 0.135 e. The van der Waals surface area contributed by atoms with Gasteiger partial charge in [-0.3, -0.25) is 0 Å². The number of fused-ring (bicyclic) bond motifs is 6. The molecule has 0 unspecified atom stereocenters. The molecule has 200 valence electrons. The molecule has 0 aliphatic heterocycles. The van der Waals surface area contributed by atoms with Crippen molar-refractivity contribution in [3.63, 3.8) is 0 Å². The van der Waals surface area contributed by atoms with Gasteiger partial charge >= 0.3 is 0 Å². The van der Waals surface area contributed by atoms with Gasteiger partial charge in [0.05, 0.1) is 35.6 Å². The van der Waals surface area contributed by atoms with Crippen LogP contribution < -0.4 is 0 Å². The molecular weight excluding hydrogens is 537 g/mol. The molecule has 1 heteroatoms. The van der Waals surface area contributed by atoms with Crippen molar-refractivity contribution in [1.82, 2.24) is 0 Å². The minimum absolute atomic E-state index is 0.0544. The first-order chi connectivity index (χ1) is 32.2. The number of rotatable bonds is 3. The zero-order valence-electron chi connectivity index (χ0n) is 47.4. The lowest BCUT2D eigenvalue weighted by Crippen LogP contribution is -1.91. The highest BCUT2D eigenvalue weighted by molar-refractivity contribution is 7.25. The van der Waals surface area contributed by atoms with Crippen LogP contribution in [0.5, 0.6) is 0 Å². The summed E-state index contributed by atoms with van der Waals surface area (Å²) in [6, 6.07) is -22.3. The van der Waals surface area contributed by atoms with Crippen molar-refractivity contribution in [2.45, 2.75) is 0 Å². The van der Waals surface area contributed by atoms with Crippen LogP contribution in [0.2, 0.25) is 0 Å². The lowest BCUT2D eigenvalue weighted by atomic mass is 9.84. The number of hydrogen-bond donors (Lipinski definition) is 0. The fourth-order valence-electron chi connectivity index (χ4n) is 5.11. The summed E-state index contributed by atoms with van der Waals surface area (Å²) < 4.78 is 232. The minimum Gasteiger partial charge on any atom is -0.135 e. The summed E-state index contributed by atoms with van der Waals surface area (Å²) in [5.74, 6) is 0. The molecule has 0 spiro atoms. The highest BCUT2D eigenvalue weighted by Crippen LogP contribution is 2.45. The van der Waals surface area contributed by atoms with Crippen LogP contribution in [0.1, 0.15) is 35.6 Å². The maximum atomic E-state index is 9.51. The number of benzene rings is 8. The Labute approximate surface area is 290 Å². The molecule has 0 atom stereocenters. The van der Waals surface area contributed by atoms with E-state index in [0.717, 1.165) is 0 Å². The van der Waals surface area contributed by atoms with Gasteiger partial charge in [-0.2, -0.15) is 0 Å². The Morgan fingerprint density at radius 3 is 1.58 bits per heavy atom. The Morgan fingerprint density at radius 2 is 0.860 bits per heavy atom. The molecule has 9 aromatic rings. The van der Waals surface area contributed by atoms with Crippen molar-refractivity contribution in [3.05, 3.63) is 157 Å². The standard InChI is InChI=1S/C42H26S/c1-2-12-31-28(10-1)11-9-18-34(31)42-37-16-5-3-14-35(37)41(36-15-4-6-17-38(36)42)29-22-20-27(21-23-29)30-24-25-33-32-13-7-8-19-39(32)43-40(33)26-30/h1-26H/i1D,2D,3D,4D,5D,6D,7D,8D,9D,10D,11D,12D,13D,14D,15D,16D,17D,18D,19D,20D,21D,22D,23D,24D,25D,26D. The van der Waals surface area contributed by atoms with Crippen LogP contribution in [0, 0.1) is 0 Å². The Bertz CT molecular complexity index is 3850. The van der Waals surface area contributed by atoms with Crippen molar-refractivity contribution in [1.29, 1.82) is 0 Å². The third-order valence-electron chi connectivity index (χ3n) is 6.95. The Balaban J connectivity index is 1.53. The van der Waals surface area contributed by atoms with E-state index in [0.29, 0.717) is 11.3 Å². The monoisotopic (exact) mass is 588 g/mol. The van der Waals surface area contributed by atoms with E-state index in [1.807, 2.05) is 0 Å². The first kappa shape index (κ1) is 9.91. The molecule has 0 radical (unpaired) electrons. The van der Waals surface area contributed by atoms with Gasteiger partial charge in [0.25, 0.3) is 0 Å². The van der Waals surface area contributed by atoms with Crippen LogP contribution in [-0.4, -0.2) is 0 Å². The summed E-state index contributed by atoms with van der Waals surface area (Å²) in [4.78, 5) is 0. The predicted molar refractivity (Wildman–Crippen MR) is 188 cm³/mol. The molecule has 0 saturated heterocycles. The van der Waals surface area contributed by atoms with Crippen LogP contribution in [0.15, 0.2) is 157 Å². The Morgan fingerprint density at radius 1 is 0.349 bits per heavy atom. The van der Waals surface area contributed by atoms with Gasteiger partial charge in [0.15, 0.2) is 0 Å². The second kappa shape index (κ2) is 9.66. The molecule has 0 nitrogen and oxygen atoms in total. The first-order valence-electron chi connectivity index (χ1n) is 25.7. The fourth-order valence-corrected chi connectivity index (χ4v) is 6.08. The van der Waals surface area contributed by atoms with Crippen LogP contribution in [0.25, 0.3) is 85.9 Å². The molecule has 43 heavy (non-hydrogen) atoms. The molecule has 0 aliphatic carbocycles. The van der Waals surface area contributed by atoms with Gasteiger partial charge in [0, 0.05) is 20.2 Å². The summed E-state index contributed by atoms with van der Waals surface area (Å²) in [6.45, 7) is 0. The lowest BCUT2D eigenvalue weighted by Gasteiger charge is -2.19. The van der Waals surface area contributed by atoms with Crippen LogP contribution in [-0.2, 0) is 0 Å². The number of thiophene rings is 1. The molecule has 0 fully saturated rings.